The standard InChI is InChI=1S/C13H15FN2/c1-13(2)6-7-16(13)9-10-4-3-5-12(14)11(10)8-15/h3-5H,6-7,9H2,1-2H3. The van der Waals surface area contributed by atoms with Crippen LogP contribution in [0.4, 0.5) is 4.39 Å². The summed E-state index contributed by atoms with van der Waals surface area (Å²) in [5, 5.41) is 8.92. The van der Waals surface area contributed by atoms with Gasteiger partial charge in [0.05, 0.1) is 5.56 Å². The molecule has 0 radical (unpaired) electrons. The van der Waals surface area contributed by atoms with Gasteiger partial charge in [-0.05, 0) is 31.9 Å². The molecule has 1 saturated heterocycles. The number of hydrogen-bond donors (Lipinski definition) is 0. The molecule has 16 heavy (non-hydrogen) atoms. The Morgan fingerprint density at radius 1 is 1.50 bits per heavy atom. The Balaban J connectivity index is 2.23. The van der Waals surface area contributed by atoms with Crippen molar-refractivity contribution in [2.45, 2.75) is 32.4 Å². The molecule has 0 bridgehead atoms. The first-order chi connectivity index (χ1) is 7.54. The molecular weight excluding hydrogens is 203 g/mol. The van der Waals surface area contributed by atoms with Crippen LogP contribution in [-0.4, -0.2) is 17.0 Å². The van der Waals surface area contributed by atoms with Gasteiger partial charge in [0.15, 0.2) is 0 Å². The third-order valence-corrected chi connectivity index (χ3v) is 3.42. The molecule has 0 spiro atoms. The molecule has 2 rings (SSSR count). The van der Waals surface area contributed by atoms with Crippen LogP contribution in [0.3, 0.4) is 0 Å². The number of halogens is 1. The summed E-state index contributed by atoms with van der Waals surface area (Å²) in [6.07, 6.45) is 1.16. The predicted molar refractivity (Wildman–Crippen MR) is 60.2 cm³/mol. The van der Waals surface area contributed by atoms with Gasteiger partial charge in [-0.3, -0.25) is 4.90 Å². The highest BCUT2D eigenvalue weighted by atomic mass is 19.1. The van der Waals surface area contributed by atoms with E-state index in [0.717, 1.165) is 18.5 Å². The fourth-order valence-electron chi connectivity index (χ4n) is 2.04. The van der Waals surface area contributed by atoms with Crippen molar-refractivity contribution in [3.8, 4) is 6.07 Å². The van der Waals surface area contributed by atoms with Crippen LogP contribution < -0.4 is 0 Å². The number of nitrogens with zero attached hydrogens (tertiary/aromatic N) is 2. The van der Waals surface area contributed by atoms with E-state index in [1.54, 1.807) is 6.07 Å². The molecule has 1 aliphatic rings. The van der Waals surface area contributed by atoms with Crippen LogP contribution in [0.25, 0.3) is 0 Å². The SMILES string of the molecule is CC1(C)CCN1Cc1cccc(F)c1C#N. The first kappa shape index (κ1) is 11.1. The lowest BCUT2D eigenvalue weighted by Crippen LogP contribution is -2.54. The lowest BCUT2D eigenvalue weighted by atomic mass is 9.88. The Labute approximate surface area is 95.3 Å². The fourth-order valence-corrected chi connectivity index (χ4v) is 2.04. The Morgan fingerprint density at radius 3 is 2.75 bits per heavy atom. The summed E-state index contributed by atoms with van der Waals surface area (Å²) in [5.74, 6) is -0.418. The molecule has 0 aromatic heterocycles. The monoisotopic (exact) mass is 218 g/mol. The molecule has 0 N–H and O–H groups in total. The van der Waals surface area contributed by atoms with Crippen LogP contribution in [-0.2, 0) is 6.54 Å². The Bertz CT molecular complexity index is 446. The number of rotatable bonds is 2. The van der Waals surface area contributed by atoms with Gasteiger partial charge in [0.25, 0.3) is 0 Å². The van der Waals surface area contributed by atoms with E-state index >= 15 is 0 Å². The Hall–Kier alpha value is -1.40. The minimum Gasteiger partial charge on any atom is -0.294 e. The number of benzene rings is 1. The summed E-state index contributed by atoms with van der Waals surface area (Å²) >= 11 is 0. The maximum atomic E-state index is 13.4. The highest BCUT2D eigenvalue weighted by Gasteiger charge is 2.35. The molecule has 1 heterocycles. The van der Waals surface area contributed by atoms with Gasteiger partial charge in [0.2, 0.25) is 0 Å². The quantitative estimate of drug-likeness (QED) is 0.763. The van der Waals surface area contributed by atoms with Crippen molar-refractivity contribution in [3.05, 3.63) is 35.1 Å². The molecule has 1 fully saturated rings. The maximum absolute atomic E-state index is 13.4. The summed E-state index contributed by atoms with van der Waals surface area (Å²) in [6.45, 7) is 6.02. The first-order valence-electron chi connectivity index (χ1n) is 5.47. The third kappa shape index (κ3) is 1.81. The van der Waals surface area contributed by atoms with Gasteiger partial charge in [-0.25, -0.2) is 4.39 Å². The number of hydrogen-bond acceptors (Lipinski definition) is 2. The second-order valence-electron chi connectivity index (χ2n) is 4.87. The molecule has 1 aromatic carbocycles. The summed E-state index contributed by atoms with van der Waals surface area (Å²) in [7, 11) is 0. The summed E-state index contributed by atoms with van der Waals surface area (Å²) in [6, 6.07) is 6.77. The van der Waals surface area contributed by atoms with Crippen LogP contribution in [0, 0.1) is 17.1 Å². The minimum absolute atomic E-state index is 0.180. The van der Waals surface area contributed by atoms with E-state index < -0.39 is 5.82 Å². The predicted octanol–water partition coefficient (Wildman–Crippen LogP) is 2.68. The van der Waals surface area contributed by atoms with Crippen LogP contribution in [0.5, 0.6) is 0 Å². The van der Waals surface area contributed by atoms with E-state index in [9.17, 15) is 4.39 Å². The number of nitriles is 1. The molecule has 0 atom stereocenters. The zero-order valence-corrected chi connectivity index (χ0v) is 9.63. The van der Waals surface area contributed by atoms with Crippen LogP contribution >= 0.6 is 0 Å². The van der Waals surface area contributed by atoms with E-state index in [0.29, 0.717) is 6.54 Å². The van der Waals surface area contributed by atoms with Crippen molar-refractivity contribution in [1.82, 2.24) is 4.90 Å². The van der Waals surface area contributed by atoms with Crippen molar-refractivity contribution in [2.24, 2.45) is 0 Å². The van der Waals surface area contributed by atoms with E-state index in [1.807, 2.05) is 12.1 Å². The molecule has 0 aliphatic carbocycles. The van der Waals surface area contributed by atoms with Crippen LogP contribution in [0.15, 0.2) is 18.2 Å². The lowest BCUT2D eigenvalue weighted by Gasteiger charge is -2.48. The van der Waals surface area contributed by atoms with Crippen molar-refractivity contribution in [3.63, 3.8) is 0 Å². The normalized spacial score (nSPS) is 18.9. The first-order valence-corrected chi connectivity index (χ1v) is 5.47. The van der Waals surface area contributed by atoms with Gasteiger partial charge in [-0.2, -0.15) is 5.26 Å². The molecule has 1 aliphatic heterocycles. The average molecular weight is 218 g/mol. The van der Waals surface area contributed by atoms with Crippen LogP contribution in [0.2, 0.25) is 0 Å². The van der Waals surface area contributed by atoms with Gasteiger partial charge in [0.1, 0.15) is 11.9 Å². The van der Waals surface area contributed by atoms with Crippen molar-refractivity contribution >= 4 is 0 Å². The highest BCUT2D eigenvalue weighted by Crippen LogP contribution is 2.31. The molecule has 3 heteroatoms. The molecule has 84 valence electrons. The average Bonchev–Trinajstić information content (AvgIpc) is 2.24. The zero-order chi connectivity index (χ0) is 11.8. The molecule has 1 aromatic rings. The zero-order valence-electron chi connectivity index (χ0n) is 9.63. The molecule has 2 nitrogen and oxygen atoms in total. The second kappa shape index (κ2) is 3.88. The van der Waals surface area contributed by atoms with Gasteiger partial charge < -0.3 is 0 Å². The van der Waals surface area contributed by atoms with Crippen molar-refractivity contribution in [1.29, 1.82) is 5.26 Å². The second-order valence-corrected chi connectivity index (χ2v) is 4.87. The van der Waals surface area contributed by atoms with Gasteiger partial charge in [-0.15, -0.1) is 0 Å². The third-order valence-electron chi connectivity index (χ3n) is 3.42. The van der Waals surface area contributed by atoms with Crippen molar-refractivity contribution in [2.75, 3.05) is 6.54 Å². The van der Waals surface area contributed by atoms with Gasteiger partial charge in [0, 0.05) is 18.6 Å². The highest BCUT2D eigenvalue weighted by molar-refractivity contribution is 5.38. The molecular formula is C13H15FN2. The Morgan fingerprint density at radius 2 is 2.25 bits per heavy atom. The van der Waals surface area contributed by atoms with E-state index in [1.165, 1.54) is 6.07 Å². The smallest absolute Gasteiger partial charge is 0.141 e. The maximum Gasteiger partial charge on any atom is 0.141 e. The topological polar surface area (TPSA) is 27.0 Å². The largest absolute Gasteiger partial charge is 0.294 e. The van der Waals surface area contributed by atoms with Gasteiger partial charge >= 0.3 is 0 Å². The summed E-state index contributed by atoms with van der Waals surface area (Å²) < 4.78 is 13.4. The van der Waals surface area contributed by atoms with Gasteiger partial charge in [-0.1, -0.05) is 12.1 Å². The molecule has 0 amide bonds. The summed E-state index contributed by atoms with van der Waals surface area (Å²) in [4.78, 5) is 2.27. The Kier molecular flexibility index (Phi) is 2.69. The van der Waals surface area contributed by atoms with Crippen molar-refractivity contribution < 1.29 is 4.39 Å². The lowest BCUT2D eigenvalue weighted by molar-refractivity contribution is 0.00780. The fraction of sp³-hybridized carbons (Fsp3) is 0.462. The van der Waals surface area contributed by atoms with E-state index in [2.05, 4.69) is 18.7 Å². The van der Waals surface area contributed by atoms with E-state index in [-0.39, 0.29) is 11.1 Å². The van der Waals surface area contributed by atoms with E-state index in [4.69, 9.17) is 5.26 Å². The summed E-state index contributed by atoms with van der Waals surface area (Å²) in [5.41, 5.74) is 1.15. The molecule has 0 unspecified atom stereocenters. The molecule has 0 saturated carbocycles. The number of likely N-dealkylation sites (tertiary alicyclic amines) is 1. The minimum atomic E-state index is -0.418. The van der Waals surface area contributed by atoms with Crippen LogP contribution in [0.1, 0.15) is 31.4 Å².